The summed E-state index contributed by atoms with van der Waals surface area (Å²) in [6.07, 6.45) is 0.654. The summed E-state index contributed by atoms with van der Waals surface area (Å²) >= 11 is 0. The molecule has 0 spiro atoms. The second kappa shape index (κ2) is 5.75. The molecule has 1 heterocycles. The van der Waals surface area contributed by atoms with Crippen molar-refractivity contribution < 1.29 is 9.50 Å². The first-order valence-corrected chi connectivity index (χ1v) is 6.82. The monoisotopic (exact) mass is 276 g/mol. The quantitative estimate of drug-likeness (QED) is 0.931. The molecule has 0 fully saturated rings. The molecule has 0 aliphatic heterocycles. The van der Waals surface area contributed by atoms with Gasteiger partial charge in [-0.05, 0) is 62.4 Å². The lowest BCUT2D eigenvalue weighted by Gasteiger charge is -2.12. The number of nitrogens with zero attached hydrogens (tertiary/aromatic N) is 2. The van der Waals surface area contributed by atoms with Crippen molar-refractivity contribution in [1.29, 1.82) is 0 Å². The standard InChI is InChI=1S/C16H21FN2O/c1-10-7-13(9-14(17)8-10)16(20)6-5-15-11(2)18-19(4)12(15)3/h7-9,16,20H,5-6H2,1-4H3. The Bertz CT molecular complexity index is 599. The van der Waals surface area contributed by atoms with Crippen LogP contribution in [0.5, 0.6) is 0 Å². The maximum absolute atomic E-state index is 13.4. The minimum absolute atomic E-state index is 0.298. The van der Waals surface area contributed by atoms with E-state index in [1.165, 1.54) is 17.7 Å². The lowest BCUT2D eigenvalue weighted by atomic mass is 9.99. The SMILES string of the molecule is Cc1cc(F)cc(C(O)CCc2c(C)nn(C)c2C)c1. The molecule has 0 saturated carbocycles. The third-order valence-corrected chi connectivity index (χ3v) is 3.78. The van der Waals surface area contributed by atoms with Crippen molar-refractivity contribution in [3.8, 4) is 0 Å². The van der Waals surface area contributed by atoms with Crippen molar-refractivity contribution in [3.05, 3.63) is 52.1 Å². The molecule has 1 atom stereocenters. The fourth-order valence-electron chi connectivity index (χ4n) is 2.58. The number of rotatable bonds is 4. The van der Waals surface area contributed by atoms with Crippen LogP contribution in [-0.4, -0.2) is 14.9 Å². The van der Waals surface area contributed by atoms with Crippen molar-refractivity contribution in [1.82, 2.24) is 9.78 Å². The molecule has 4 heteroatoms. The highest BCUT2D eigenvalue weighted by atomic mass is 19.1. The number of benzene rings is 1. The average Bonchev–Trinajstić information content (AvgIpc) is 2.60. The molecule has 2 rings (SSSR count). The highest BCUT2D eigenvalue weighted by molar-refractivity contribution is 5.27. The number of hydrogen-bond acceptors (Lipinski definition) is 2. The zero-order valence-corrected chi connectivity index (χ0v) is 12.4. The van der Waals surface area contributed by atoms with Gasteiger partial charge in [-0.2, -0.15) is 5.10 Å². The van der Waals surface area contributed by atoms with Crippen LogP contribution in [0.25, 0.3) is 0 Å². The van der Waals surface area contributed by atoms with E-state index in [-0.39, 0.29) is 5.82 Å². The van der Waals surface area contributed by atoms with Crippen LogP contribution < -0.4 is 0 Å². The Morgan fingerprint density at radius 3 is 2.50 bits per heavy atom. The molecule has 0 bridgehead atoms. The Balaban J connectivity index is 2.10. The Labute approximate surface area is 119 Å². The molecule has 1 aromatic carbocycles. The van der Waals surface area contributed by atoms with Crippen molar-refractivity contribution in [2.24, 2.45) is 7.05 Å². The van der Waals surface area contributed by atoms with Gasteiger partial charge in [0.1, 0.15) is 5.82 Å². The molecule has 1 unspecified atom stereocenters. The van der Waals surface area contributed by atoms with Crippen LogP contribution in [0.2, 0.25) is 0 Å². The molecule has 0 saturated heterocycles. The molecule has 3 nitrogen and oxygen atoms in total. The summed E-state index contributed by atoms with van der Waals surface area (Å²) in [4.78, 5) is 0. The smallest absolute Gasteiger partial charge is 0.123 e. The van der Waals surface area contributed by atoms with Crippen molar-refractivity contribution >= 4 is 0 Å². The lowest BCUT2D eigenvalue weighted by molar-refractivity contribution is 0.167. The first-order chi connectivity index (χ1) is 9.38. The maximum atomic E-state index is 13.4. The van der Waals surface area contributed by atoms with E-state index in [9.17, 15) is 9.50 Å². The first kappa shape index (κ1) is 14.7. The molecular weight excluding hydrogens is 255 g/mol. The maximum Gasteiger partial charge on any atom is 0.123 e. The number of aliphatic hydroxyl groups is 1. The Hall–Kier alpha value is -1.68. The zero-order valence-electron chi connectivity index (χ0n) is 12.4. The van der Waals surface area contributed by atoms with E-state index in [1.54, 1.807) is 0 Å². The van der Waals surface area contributed by atoms with E-state index in [0.29, 0.717) is 12.0 Å². The number of aromatic nitrogens is 2. The summed E-state index contributed by atoms with van der Waals surface area (Å²) in [6, 6.07) is 4.70. The van der Waals surface area contributed by atoms with Gasteiger partial charge in [0.05, 0.1) is 11.8 Å². The largest absolute Gasteiger partial charge is 0.388 e. The van der Waals surface area contributed by atoms with Gasteiger partial charge in [0.25, 0.3) is 0 Å². The van der Waals surface area contributed by atoms with E-state index < -0.39 is 6.10 Å². The molecule has 20 heavy (non-hydrogen) atoms. The molecule has 0 aliphatic rings. The minimum atomic E-state index is -0.650. The molecule has 0 aliphatic carbocycles. The van der Waals surface area contributed by atoms with E-state index in [0.717, 1.165) is 23.4 Å². The summed E-state index contributed by atoms with van der Waals surface area (Å²) in [5.41, 5.74) is 4.74. The van der Waals surface area contributed by atoms with Crippen LogP contribution in [-0.2, 0) is 13.5 Å². The Morgan fingerprint density at radius 1 is 1.25 bits per heavy atom. The lowest BCUT2D eigenvalue weighted by Crippen LogP contribution is -2.02. The molecular formula is C16H21FN2O. The van der Waals surface area contributed by atoms with E-state index in [4.69, 9.17) is 0 Å². The number of halogens is 1. The van der Waals surface area contributed by atoms with Gasteiger partial charge in [-0.1, -0.05) is 6.07 Å². The fraction of sp³-hybridized carbons (Fsp3) is 0.438. The van der Waals surface area contributed by atoms with Crippen LogP contribution in [0.3, 0.4) is 0 Å². The first-order valence-electron chi connectivity index (χ1n) is 6.82. The van der Waals surface area contributed by atoms with E-state index in [1.807, 2.05) is 38.6 Å². The molecule has 2 aromatic rings. The normalized spacial score (nSPS) is 12.7. The van der Waals surface area contributed by atoms with E-state index >= 15 is 0 Å². The van der Waals surface area contributed by atoms with Gasteiger partial charge in [-0.15, -0.1) is 0 Å². The molecule has 0 amide bonds. The second-order valence-electron chi connectivity index (χ2n) is 5.39. The third-order valence-electron chi connectivity index (χ3n) is 3.78. The van der Waals surface area contributed by atoms with Crippen LogP contribution >= 0.6 is 0 Å². The topological polar surface area (TPSA) is 38.1 Å². The summed E-state index contributed by atoms with van der Waals surface area (Å²) in [6.45, 7) is 5.82. The second-order valence-corrected chi connectivity index (χ2v) is 5.39. The fourth-order valence-corrected chi connectivity index (χ4v) is 2.58. The van der Waals surface area contributed by atoms with Crippen LogP contribution in [0.4, 0.5) is 4.39 Å². The molecule has 1 N–H and O–H groups in total. The van der Waals surface area contributed by atoms with Gasteiger partial charge in [0.2, 0.25) is 0 Å². The predicted octanol–water partition coefficient (Wildman–Crippen LogP) is 3.15. The molecule has 1 aromatic heterocycles. The van der Waals surface area contributed by atoms with Gasteiger partial charge in [-0.25, -0.2) is 4.39 Å². The minimum Gasteiger partial charge on any atom is -0.388 e. The Kier molecular flexibility index (Phi) is 4.23. The van der Waals surface area contributed by atoms with Gasteiger partial charge >= 0.3 is 0 Å². The summed E-state index contributed by atoms with van der Waals surface area (Å²) in [5, 5.41) is 14.6. The van der Waals surface area contributed by atoms with Crippen LogP contribution in [0.1, 0.15) is 40.6 Å². The highest BCUT2D eigenvalue weighted by Gasteiger charge is 2.14. The molecule has 0 radical (unpaired) electrons. The van der Waals surface area contributed by atoms with Crippen molar-refractivity contribution in [3.63, 3.8) is 0 Å². The predicted molar refractivity (Wildman–Crippen MR) is 77.1 cm³/mol. The summed E-state index contributed by atoms with van der Waals surface area (Å²) < 4.78 is 15.2. The van der Waals surface area contributed by atoms with Gasteiger partial charge < -0.3 is 5.11 Å². The third kappa shape index (κ3) is 3.07. The zero-order chi connectivity index (χ0) is 14.9. The van der Waals surface area contributed by atoms with Gasteiger partial charge in [0, 0.05) is 12.7 Å². The average molecular weight is 276 g/mol. The highest BCUT2D eigenvalue weighted by Crippen LogP contribution is 2.23. The summed E-state index contributed by atoms with van der Waals surface area (Å²) in [7, 11) is 1.91. The van der Waals surface area contributed by atoms with Gasteiger partial charge in [0.15, 0.2) is 0 Å². The van der Waals surface area contributed by atoms with E-state index in [2.05, 4.69) is 5.10 Å². The number of hydrogen-bond donors (Lipinski definition) is 1. The number of aryl methyl sites for hydroxylation is 3. The van der Waals surface area contributed by atoms with Crippen molar-refractivity contribution in [2.45, 2.75) is 39.7 Å². The Morgan fingerprint density at radius 2 is 1.95 bits per heavy atom. The number of aliphatic hydroxyl groups excluding tert-OH is 1. The van der Waals surface area contributed by atoms with Gasteiger partial charge in [-0.3, -0.25) is 4.68 Å². The van der Waals surface area contributed by atoms with Crippen LogP contribution in [0, 0.1) is 26.6 Å². The molecule has 108 valence electrons. The van der Waals surface area contributed by atoms with Crippen LogP contribution in [0.15, 0.2) is 18.2 Å². The van der Waals surface area contributed by atoms with Crippen molar-refractivity contribution in [2.75, 3.05) is 0 Å². The summed E-state index contributed by atoms with van der Waals surface area (Å²) in [5.74, 6) is -0.298.